The molecular formula is C23H30N4O2. The number of nitrogens with one attached hydrogen (secondary N) is 2. The average Bonchev–Trinajstić information content (AvgIpc) is 3.41. The maximum Gasteiger partial charge on any atom is 0.315 e. The number of benzene rings is 1. The largest absolute Gasteiger partial charge is 0.474 e. The molecule has 6 nitrogen and oxygen atoms in total. The zero-order valence-corrected chi connectivity index (χ0v) is 17.1. The van der Waals surface area contributed by atoms with Gasteiger partial charge in [0.05, 0.1) is 0 Å². The van der Waals surface area contributed by atoms with Gasteiger partial charge < -0.3 is 20.3 Å². The molecule has 2 heterocycles. The Morgan fingerprint density at radius 3 is 2.90 bits per heavy atom. The first kappa shape index (κ1) is 19.6. The van der Waals surface area contributed by atoms with Crippen LogP contribution in [0.3, 0.4) is 0 Å². The number of para-hydroxylation sites is 1. The Balaban J connectivity index is 1.25. The summed E-state index contributed by atoms with van der Waals surface area (Å²) in [6, 6.07) is 12.4. The molecule has 1 aliphatic heterocycles. The number of hydrogen-bond donors (Lipinski definition) is 2. The van der Waals surface area contributed by atoms with Crippen molar-refractivity contribution in [3.63, 3.8) is 0 Å². The maximum atomic E-state index is 12.3. The van der Waals surface area contributed by atoms with Crippen molar-refractivity contribution >= 4 is 11.7 Å². The molecule has 0 saturated heterocycles. The van der Waals surface area contributed by atoms with Gasteiger partial charge in [0.1, 0.15) is 6.10 Å². The van der Waals surface area contributed by atoms with E-state index in [1.165, 1.54) is 24.1 Å². The molecule has 0 unspecified atom stereocenters. The zero-order valence-electron chi connectivity index (χ0n) is 17.1. The van der Waals surface area contributed by atoms with Gasteiger partial charge in [-0.1, -0.05) is 24.3 Å². The number of ether oxygens (including phenoxy) is 1. The van der Waals surface area contributed by atoms with E-state index in [1.54, 1.807) is 6.20 Å². The monoisotopic (exact) mass is 394 g/mol. The predicted octanol–water partition coefficient (Wildman–Crippen LogP) is 3.65. The Morgan fingerprint density at radius 2 is 2.03 bits per heavy atom. The number of hydrogen-bond acceptors (Lipinski definition) is 4. The molecule has 6 heteroatoms. The van der Waals surface area contributed by atoms with Gasteiger partial charge in [0.2, 0.25) is 5.88 Å². The molecule has 1 atom stereocenters. The van der Waals surface area contributed by atoms with E-state index in [4.69, 9.17) is 4.74 Å². The Labute approximate surface area is 172 Å². The Hall–Kier alpha value is -2.76. The first-order chi connectivity index (χ1) is 14.2. The van der Waals surface area contributed by atoms with Crippen LogP contribution >= 0.6 is 0 Å². The third-order valence-corrected chi connectivity index (χ3v) is 5.88. The first-order valence-corrected chi connectivity index (χ1v) is 10.7. The molecule has 1 aromatic carbocycles. The van der Waals surface area contributed by atoms with Crippen LogP contribution in [-0.2, 0) is 13.0 Å². The molecule has 0 spiro atoms. The lowest BCUT2D eigenvalue weighted by Crippen LogP contribution is -2.44. The Bertz CT molecular complexity index is 835. The molecule has 1 saturated carbocycles. The van der Waals surface area contributed by atoms with Crippen LogP contribution in [0, 0.1) is 0 Å². The predicted molar refractivity (Wildman–Crippen MR) is 114 cm³/mol. The minimum Gasteiger partial charge on any atom is -0.474 e. The number of rotatable bonds is 7. The molecule has 2 aromatic rings. The topological polar surface area (TPSA) is 66.5 Å². The second kappa shape index (κ2) is 9.16. The molecule has 2 aliphatic rings. The van der Waals surface area contributed by atoms with E-state index < -0.39 is 0 Å². The minimum absolute atomic E-state index is 0.167. The number of amides is 2. The van der Waals surface area contributed by atoms with Gasteiger partial charge in [0, 0.05) is 43.1 Å². The van der Waals surface area contributed by atoms with E-state index >= 15 is 0 Å². The highest BCUT2D eigenvalue weighted by Crippen LogP contribution is 2.29. The van der Waals surface area contributed by atoms with Crippen LogP contribution in [-0.4, -0.2) is 36.3 Å². The molecule has 1 fully saturated rings. The van der Waals surface area contributed by atoms with Crippen molar-refractivity contribution in [2.45, 2.75) is 57.7 Å². The van der Waals surface area contributed by atoms with Crippen molar-refractivity contribution in [3.8, 4) is 5.88 Å². The highest BCUT2D eigenvalue weighted by Gasteiger charge is 2.23. The number of carbonyl (C=O) groups excluding carboxylic acids is 1. The van der Waals surface area contributed by atoms with Gasteiger partial charge in [-0.05, 0) is 56.7 Å². The second-order valence-corrected chi connectivity index (χ2v) is 7.98. The summed E-state index contributed by atoms with van der Waals surface area (Å²) in [6.07, 6.45) is 7.66. The normalized spacial score (nSPS) is 17.1. The van der Waals surface area contributed by atoms with E-state index in [9.17, 15) is 4.79 Å². The Morgan fingerprint density at radius 1 is 1.21 bits per heavy atom. The van der Waals surface area contributed by atoms with Crippen molar-refractivity contribution in [3.05, 3.63) is 53.7 Å². The van der Waals surface area contributed by atoms with E-state index in [-0.39, 0.29) is 18.2 Å². The van der Waals surface area contributed by atoms with E-state index in [2.05, 4.69) is 51.7 Å². The third-order valence-electron chi connectivity index (χ3n) is 5.88. The zero-order chi connectivity index (χ0) is 20.1. The maximum absolute atomic E-state index is 12.3. The average molecular weight is 395 g/mol. The number of fused-ring (bicyclic) bond motifs is 1. The smallest absolute Gasteiger partial charge is 0.315 e. The van der Waals surface area contributed by atoms with E-state index in [1.807, 2.05) is 12.1 Å². The highest BCUT2D eigenvalue weighted by molar-refractivity contribution is 5.74. The number of nitrogens with zero attached hydrogens (tertiary/aromatic N) is 2. The number of pyridine rings is 1. The summed E-state index contributed by atoms with van der Waals surface area (Å²) in [6.45, 7) is 4.15. The number of anilines is 1. The van der Waals surface area contributed by atoms with Crippen LogP contribution in [0.1, 0.15) is 43.7 Å². The van der Waals surface area contributed by atoms with Gasteiger partial charge in [-0.3, -0.25) is 0 Å². The molecule has 29 heavy (non-hydrogen) atoms. The number of aromatic nitrogens is 1. The summed E-state index contributed by atoms with van der Waals surface area (Å²) in [7, 11) is 0. The Kier molecular flexibility index (Phi) is 6.17. The molecule has 1 aliphatic carbocycles. The van der Waals surface area contributed by atoms with Crippen LogP contribution < -0.4 is 20.3 Å². The highest BCUT2D eigenvalue weighted by atomic mass is 16.5. The van der Waals surface area contributed by atoms with Crippen molar-refractivity contribution in [1.29, 1.82) is 0 Å². The van der Waals surface area contributed by atoms with Gasteiger partial charge in [-0.2, -0.15) is 0 Å². The van der Waals surface area contributed by atoms with Crippen LogP contribution in [0.25, 0.3) is 0 Å². The lowest BCUT2D eigenvalue weighted by atomic mass is 10.2. The van der Waals surface area contributed by atoms with Crippen LogP contribution in [0.5, 0.6) is 5.88 Å². The fraction of sp³-hybridized carbons (Fsp3) is 0.478. The van der Waals surface area contributed by atoms with Crippen molar-refractivity contribution in [2.24, 2.45) is 0 Å². The van der Waals surface area contributed by atoms with Crippen molar-refractivity contribution in [1.82, 2.24) is 15.6 Å². The van der Waals surface area contributed by atoms with Crippen LogP contribution in [0.2, 0.25) is 0 Å². The number of carbonyl (C=O) groups is 1. The minimum atomic E-state index is -0.167. The lowest BCUT2D eigenvalue weighted by molar-refractivity contribution is 0.198. The summed E-state index contributed by atoms with van der Waals surface area (Å²) < 4.78 is 6.05. The van der Waals surface area contributed by atoms with E-state index in [0.717, 1.165) is 31.4 Å². The summed E-state index contributed by atoms with van der Waals surface area (Å²) in [5.41, 5.74) is 3.58. The fourth-order valence-electron chi connectivity index (χ4n) is 4.24. The van der Waals surface area contributed by atoms with Gasteiger partial charge >= 0.3 is 6.03 Å². The standard InChI is InChI=1S/C23H30N4O2/c1-17(27-14-12-18-7-2-5-11-21(18)27)15-25-23(28)26-16-19-8-6-13-24-22(19)29-20-9-3-4-10-20/h2,5-8,11,13,17,20H,3-4,9-10,12,14-16H2,1H3,(H2,25,26,28)/t17-/m1/s1. The summed E-state index contributed by atoms with van der Waals surface area (Å²) in [4.78, 5) is 19.1. The lowest BCUT2D eigenvalue weighted by Gasteiger charge is -2.27. The molecule has 2 N–H and O–H groups in total. The van der Waals surface area contributed by atoms with Gasteiger partial charge in [-0.15, -0.1) is 0 Å². The second-order valence-electron chi connectivity index (χ2n) is 7.98. The summed E-state index contributed by atoms with van der Waals surface area (Å²) >= 11 is 0. The molecule has 4 rings (SSSR count). The van der Waals surface area contributed by atoms with Crippen molar-refractivity contribution < 1.29 is 9.53 Å². The van der Waals surface area contributed by atoms with E-state index in [0.29, 0.717) is 19.0 Å². The third kappa shape index (κ3) is 4.81. The van der Waals surface area contributed by atoms with Gasteiger partial charge in [-0.25, -0.2) is 9.78 Å². The molecule has 1 aromatic heterocycles. The molecule has 154 valence electrons. The SMILES string of the molecule is C[C@H](CNC(=O)NCc1cccnc1OC1CCCC1)N1CCc2ccccc21. The van der Waals surface area contributed by atoms with Gasteiger partial charge in [0.15, 0.2) is 0 Å². The first-order valence-electron chi connectivity index (χ1n) is 10.7. The fourth-order valence-corrected chi connectivity index (χ4v) is 4.24. The van der Waals surface area contributed by atoms with Crippen molar-refractivity contribution in [2.75, 3.05) is 18.0 Å². The molecule has 0 radical (unpaired) electrons. The summed E-state index contributed by atoms with van der Waals surface area (Å²) in [5.74, 6) is 0.641. The molecular weight excluding hydrogens is 364 g/mol. The summed E-state index contributed by atoms with van der Waals surface area (Å²) in [5, 5.41) is 5.94. The molecule has 0 bridgehead atoms. The molecule has 2 amide bonds. The van der Waals surface area contributed by atoms with Crippen LogP contribution in [0.4, 0.5) is 10.5 Å². The van der Waals surface area contributed by atoms with Crippen LogP contribution in [0.15, 0.2) is 42.6 Å². The quantitative estimate of drug-likeness (QED) is 0.752. The number of urea groups is 1. The van der Waals surface area contributed by atoms with Gasteiger partial charge in [0.25, 0.3) is 0 Å².